The first kappa shape index (κ1) is 17.2. The number of rotatable bonds is 7. The maximum Gasteiger partial charge on any atom is 0.281 e. The smallest absolute Gasteiger partial charge is 0.281 e. The van der Waals surface area contributed by atoms with Crippen molar-refractivity contribution in [3.05, 3.63) is 57.8 Å². The lowest BCUT2D eigenvalue weighted by atomic mass is 10.2. The van der Waals surface area contributed by atoms with Crippen LogP contribution < -0.4 is 14.9 Å². The summed E-state index contributed by atoms with van der Waals surface area (Å²) in [6, 6.07) is 7.42. The minimum absolute atomic E-state index is 0.173. The highest BCUT2D eigenvalue weighted by atomic mass is 32.1. The number of carbonyl (C=O) groups excluding carboxylic acids is 1. The number of nitrogens with zero attached hydrogens (tertiary/aromatic N) is 1. The maximum atomic E-state index is 12.2. The third kappa shape index (κ3) is 4.09. The summed E-state index contributed by atoms with van der Waals surface area (Å²) in [7, 11) is 1.58. The molecule has 1 aliphatic rings. The van der Waals surface area contributed by atoms with Crippen molar-refractivity contribution in [2.75, 3.05) is 13.7 Å². The molecule has 5 nitrogen and oxygen atoms in total. The van der Waals surface area contributed by atoms with Crippen molar-refractivity contribution in [2.24, 2.45) is 5.10 Å². The number of hydrogen-bond donors (Lipinski definition) is 1. The molecule has 1 amide bonds. The second kappa shape index (κ2) is 7.98. The minimum atomic E-state index is -0.173. The fourth-order valence-electron chi connectivity index (χ4n) is 2.69. The Morgan fingerprint density at radius 3 is 3.00 bits per heavy atom. The first-order chi connectivity index (χ1) is 12.2. The number of nitrogens with one attached hydrogen (secondary N) is 1. The van der Waals surface area contributed by atoms with Gasteiger partial charge in [-0.2, -0.15) is 5.10 Å². The Hall–Kier alpha value is -2.60. The van der Waals surface area contributed by atoms with E-state index in [1.54, 1.807) is 42.9 Å². The molecular formula is C19H20N2O3S. The van der Waals surface area contributed by atoms with E-state index >= 15 is 0 Å². The molecule has 2 aromatic rings. The van der Waals surface area contributed by atoms with Crippen LogP contribution in [-0.4, -0.2) is 25.8 Å². The molecule has 1 N–H and O–H groups in total. The molecule has 1 aliphatic carbocycles. The highest BCUT2D eigenvalue weighted by Crippen LogP contribution is 2.30. The number of hydrogen-bond acceptors (Lipinski definition) is 5. The van der Waals surface area contributed by atoms with Crippen molar-refractivity contribution in [1.82, 2.24) is 5.43 Å². The molecule has 0 saturated carbocycles. The standard InChI is InChI=1S/C19H20N2O3S/c1-3-9-24-15-8-7-13(10-16(15)23-2)12-20-21-19(22)18-11-14-5-4-6-17(14)25-18/h3,7-8,10-12H,1,4-6,9H2,2H3,(H,21,22)/b20-12-. The summed E-state index contributed by atoms with van der Waals surface area (Å²) in [5, 5.41) is 4.04. The molecule has 3 rings (SSSR count). The molecule has 0 unspecified atom stereocenters. The van der Waals surface area contributed by atoms with E-state index in [2.05, 4.69) is 17.1 Å². The van der Waals surface area contributed by atoms with E-state index in [0.29, 0.717) is 23.0 Å². The lowest BCUT2D eigenvalue weighted by Gasteiger charge is -2.09. The van der Waals surface area contributed by atoms with Gasteiger partial charge in [-0.1, -0.05) is 12.7 Å². The van der Waals surface area contributed by atoms with E-state index < -0.39 is 0 Å². The van der Waals surface area contributed by atoms with Crippen LogP contribution in [0.15, 0.2) is 42.0 Å². The second-order valence-corrected chi connectivity index (χ2v) is 6.76. The zero-order valence-electron chi connectivity index (χ0n) is 14.1. The molecular weight excluding hydrogens is 336 g/mol. The fraction of sp³-hybridized carbons (Fsp3) is 0.263. The molecule has 1 aromatic heterocycles. The van der Waals surface area contributed by atoms with Gasteiger partial charge in [-0.25, -0.2) is 5.43 Å². The first-order valence-corrected chi connectivity index (χ1v) is 8.89. The molecule has 0 saturated heterocycles. The van der Waals surface area contributed by atoms with Crippen molar-refractivity contribution < 1.29 is 14.3 Å². The van der Waals surface area contributed by atoms with Crippen LogP contribution in [-0.2, 0) is 12.8 Å². The molecule has 0 bridgehead atoms. The van der Waals surface area contributed by atoms with E-state index in [1.165, 1.54) is 16.9 Å². The molecule has 0 spiro atoms. The molecule has 0 radical (unpaired) electrons. The summed E-state index contributed by atoms with van der Waals surface area (Å²) in [6.45, 7) is 4.03. The SMILES string of the molecule is C=CCOc1ccc(/C=N\NC(=O)c2cc3c(s2)CCC3)cc1OC. The number of hydrazone groups is 1. The number of ether oxygens (including phenoxy) is 2. The Balaban J connectivity index is 1.63. The number of aryl methyl sites for hydroxylation is 2. The third-order valence-corrected chi connectivity index (χ3v) is 5.13. The van der Waals surface area contributed by atoms with E-state index in [4.69, 9.17) is 9.47 Å². The van der Waals surface area contributed by atoms with Gasteiger partial charge in [0.25, 0.3) is 5.91 Å². The quantitative estimate of drug-likeness (QED) is 0.469. The van der Waals surface area contributed by atoms with Gasteiger partial charge in [-0.15, -0.1) is 11.3 Å². The maximum absolute atomic E-state index is 12.2. The van der Waals surface area contributed by atoms with E-state index in [0.717, 1.165) is 18.4 Å². The van der Waals surface area contributed by atoms with Crippen molar-refractivity contribution in [3.8, 4) is 11.5 Å². The molecule has 1 heterocycles. The number of carbonyl (C=O) groups is 1. The summed E-state index contributed by atoms with van der Waals surface area (Å²) < 4.78 is 10.8. The second-order valence-electron chi connectivity index (χ2n) is 5.62. The van der Waals surface area contributed by atoms with Crippen LogP contribution in [0.5, 0.6) is 11.5 Å². The molecule has 0 atom stereocenters. The molecule has 25 heavy (non-hydrogen) atoms. The van der Waals surface area contributed by atoms with Crippen LogP contribution in [0.25, 0.3) is 0 Å². The van der Waals surface area contributed by atoms with Crippen molar-refractivity contribution in [3.63, 3.8) is 0 Å². The fourth-order valence-corrected chi connectivity index (χ4v) is 3.84. The summed E-state index contributed by atoms with van der Waals surface area (Å²) in [6.07, 6.45) is 6.60. The van der Waals surface area contributed by atoms with Gasteiger partial charge in [0.05, 0.1) is 18.2 Å². The zero-order chi connectivity index (χ0) is 17.6. The molecule has 1 aromatic carbocycles. The van der Waals surface area contributed by atoms with E-state index in [-0.39, 0.29) is 5.91 Å². The van der Waals surface area contributed by atoms with Crippen molar-refractivity contribution >= 4 is 23.5 Å². The number of thiophene rings is 1. The first-order valence-electron chi connectivity index (χ1n) is 8.08. The predicted molar refractivity (Wildman–Crippen MR) is 100 cm³/mol. The molecule has 0 aliphatic heterocycles. The van der Waals surface area contributed by atoms with Crippen LogP contribution >= 0.6 is 11.3 Å². The Bertz CT molecular complexity index is 789. The number of benzene rings is 1. The summed E-state index contributed by atoms with van der Waals surface area (Å²) in [5.74, 6) is 1.07. The van der Waals surface area contributed by atoms with E-state index in [9.17, 15) is 4.79 Å². The Kier molecular flexibility index (Phi) is 5.50. The van der Waals surface area contributed by atoms with E-state index in [1.807, 2.05) is 12.1 Å². The van der Waals surface area contributed by atoms with Gasteiger partial charge >= 0.3 is 0 Å². The topological polar surface area (TPSA) is 59.9 Å². The van der Waals surface area contributed by atoms with Crippen molar-refractivity contribution in [2.45, 2.75) is 19.3 Å². The van der Waals surface area contributed by atoms with Gasteiger partial charge in [0.15, 0.2) is 11.5 Å². The van der Waals surface area contributed by atoms with Gasteiger partial charge < -0.3 is 9.47 Å². The van der Waals surface area contributed by atoms with Crippen LogP contribution in [0, 0.1) is 0 Å². The Morgan fingerprint density at radius 2 is 2.24 bits per heavy atom. The minimum Gasteiger partial charge on any atom is -0.493 e. The summed E-state index contributed by atoms with van der Waals surface area (Å²) in [4.78, 5) is 14.2. The summed E-state index contributed by atoms with van der Waals surface area (Å²) >= 11 is 1.56. The number of methoxy groups -OCH3 is 1. The highest BCUT2D eigenvalue weighted by molar-refractivity contribution is 7.14. The summed E-state index contributed by atoms with van der Waals surface area (Å²) in [5.41, 5.74) is 4.69. The molecule has 6 heteroatoms. The normalized spacial score (nSPS) is 12.8. The lowest BCUT2D eigenvalue weighted by molar-refractivity contribution is 0.0959. The van der Waals surface area contributed by atoms with Gasteiger partial charge in [0.1, 0.15) is 6.61 Å². The zero-order valence-corrected chi connectivity index (χ0v) is 14.9. The number of amides is 1. The molecule has 130 valence electrons. The monoisotopic (exact) mass is 356 g/mol. The average molecular weight is 356 g/mol. The van der Waals surface area contributed by atoms with Gasteiger partial charge in [0, 0.05) is 4.88 Å². The van der Waals surface area contributed by atoms with Crippen molar-refractivity contribution in [1.29, 1.82) is 0 Å². The van der Waals surface area contributed by atoms with Crippen LogP contribution in [0.2, 0.25) is 0 Å². The molecule has 0 fully saturated rings. The van der Waals surface area contributed by atoms with Gasteiger partial charge in [0.2, 0.25) is 0 Å². The van der Waals surface area contributed by atoms with Gasteiger partial charge in [-0.3, -0.25) is 4.79 Å². The lowest BCUT2D eigenvalue weighted by Crippen LogP contribution is -2.16. The van der Waals surface area contributed by atoms with Gasteiger partial charge in [-0.05, 0) is 54.7 Å². The predicted octanol–water partition coefficient (Wildman–Crippen LogP) is 3.57. The average Bonchev–Trinajstić information content (AvgIpc) is 3.22. The largest absolute Gasteiger partial charge is 0.493 e. The Labute approximate surface area is 151 Å². The third-order valence-electron chi connectivity index (χ3n) is 3.89. The number of fused-ring (bicyclic) bond motifs is 1. The highest BCUT2D eigenvalue weighted by Gasteiger charge is 2.18. The van der Waals surface area contributed by atoms with Crippen LogP contribution in [0.4, 0.5) is 0 Å². The van der Waals surface area contributed by atoms with Crippen LogP contribution in [0.1, 0.15) is 32.1 Å². The Morgan fingerprint density at radius 1 is 1.36 bits per heavy atom. The van der Waals surface area contributed by atoms with Crippen LogP contribution in [0.3, 0.4) is 0 Å².